The first-order chi connectivity index (χ1) is 19.8. The van der Waals surface area contributed by atoms with Crippen molar-refractivity contribution < 1.29 is 31.7 Å². The Morgan fingerprint density at radius 2 is 1.50 bits per heavy atom. The highest BCUT2D eigenvalue weighted by Gasteiger charge is 2.52. The average molecular weight is 621 g/mol. The van der Waals surface area contributed by atoms with Crippen molar-refractivity contribution in [3.05, 3.63) is 105 Å². The molecule has 228 valence electrons. The Labute approximate surface area is 245 Å². The molecule has 0 radical (unpaired) electrons. The lowest BCUT2D eigenvalue weighted by Gasteiger charge is -2.37. The molecule has 4 rings (SSSR count). The molecule has 4 atom stereocenters. The highest BCUT2D eigenvalue weighted by atomic mass is 31.2. The van der Waals surface area contributed by atoms with Gasteiger partial charge in [0, 0.05) is 12.3 Å². The van der Waals surface area contributed by atoms with Crippen LogP contribution in [-0.4, -0.2) is 42.9 Å². The van der Waals surface area contributed by atoms with Gasteiger partial charge in [0.25, 0.3) is 5.56 Å². The first kappa shape index (κ1) is 32.2. The molecular weight excluding hydrogens is 582 g/mol. The third-order valence-electron chi connectivity index (χ3n) is 7.52. The fourth-order valence-electron chi connectivity index (χ4n) is 4.02. The SMILES string of the molecule is CC(C)(C)[Si](C)(C)OC[C@H]1O[C@@H](n2ccc(=O)[nH]c2=O)C(F)C1OP(=O)(OCc1ccccc1)OCc1ccccc1. The molecule has 0 bridgehead atoms. The highest BCUT2D eigenvalue weighted by molar-refractivity contribution is 7.48. The van der Waals surface area contributed by atoms with Crippen LogP contribution in [0.25, 0.3) is 0 Å². The first-order valence-corrected chi connectivity index (χ1v) is 18.1. The molecular formula is C29H38FN2O8PSi. The number of phosphoric ester groups is 1. The van der Waals surface area contributed by atoms with Crippen LogP contribution in [0.4, 0.5) is 4.39 Å². The Bertz CT molecular complexity index is 1430. The Morgan fingerprint density at radius 1 is 0.952 bits per heavy atom. The van der Waals surface area contributed by atoms with Crippen LogP contribution in [0.3, 0.4) is 0 Å². The van der Waals surface area contributed by atoms with Gasteiger partial charge in [0.2, 0.25) is 0 Å². The van der Waals surface area contributed by atoms with Crippen molar-refractivity contribution in [3.63, 3.8) is 0 Å². The molecule has 2 unspecified atom stereocenters. The summed E-state index contributed by atoms with van der Waals surface area (Å²) in [7, 11) is -6.74. The van der Waals surface area contributed by atoms with E-state index in [0.717, 1.165) is 16.8 Å². The number of ether oxygens (including phenoxy) is 1. The number of aromatic amines is 1. The number of phosphoric acid groups is 1. The Balaban J connectivity index is 1.63. The molecule has 3 aromatic rings. The quantitative estimate of drug-likeness (QED) is 0.202. The molecule has 1 saturated heterocycles. The average Bonchev–Trinajstić information content (AvgIpc) is 3.24. The van der Waals surface area contributed by atoms with Gasteiger partial charge in [-0.3, -0.25) is 27.9 Å². The predicted molar refractivity (Wildman–Crippen MR) is 158 cm³/mol. The second kappa shape index (κ2) is 13.3. The summed E-state index contributed by atoms with van der Waals surface area (Å²) in [6, 6.07) is 19.1. The minimum absolute atomic E-state index is 0.0897. The van der Waals surface area contributed by atoms with Crippen LogP contribution in [0.15, 0.2) is 82.5 Å². The topological polar surface area (TPSA) is 118 Å². The summed E-state index contributed by atoms with van der Waals surface area (Å²) in [6.45, 7) is 9.92. The van der Waals surface area contributed by atoms with E-state index in [-0.39, 0.29) is 24.9 Å². The zero-order valence-corrected chi connectivity index (χ0v) is 26.3. The van der Waals surface area contributed by atoms with Gasteiger partial charge in [0.15, 0.2) is 20.7 Å². The van der Waals surface area contributed by atoms with Crippen molar-refractivity contribution in [2.45, 2.75) is 76.7 Å². The predicted octanol–water partition coefficient (Wildman–Crippen LogP) is 5.72. The van der Waals surface area contributed by atoms with Gasteiger partial charge in [0.05, 0.1) is 19.8 Å². The number of nitrogens with zero attached hydrogens (tertiary/aromatic N) is 1. The minimum Gasteiger partial charge on any atom is -0.414 e. The van der Waals surface area contributed by atoms with Gasteiger partial charge in [0.1, 0.15) is 12.2 Å². The standard InChI is InChI=1S/C29H38FN2O8PSi/c1-29(2,3)42(4,5)38-20-23-26(25(30)27(39-23)32-17-16-24(33)31-28(32)34)40-41(35,36-18-21-12-8-6-9-13-21)37-19-22-14-10-7-11-15-22/h6-17,23,25-27H,18-20H2,1-5H3,(H,31,33,34)/t23-,25?,26?,27-/m1/s1. The van der Waals surface area contributed by atoms with Crippen LogP contribution in [0.1, 0.15) is 38.1 Å². The molecule has 0 amide bonds. The number of nitrogens with one attached hydrogen (secondary N) is 1. The van der Waals surface area contributed by atoms with Gasteiger partial charge >= 0.3 is 13.5 Å². The van der Waals surface area contributed by atoms with Gasteiger partial charge in [-0.2, -0.15) is 0 Å². The molecule has 1 aliphatic heterocycles. The van der Waals surface area contributed by atoms with Gasteiger partial charge in [-0.25, -0.2) is 13.8 Å². The number of halogens is 1. The number of hydrogen-bond donors (Lipinski definition) is 1. The largest absolute Gasteiger partial charge is 0.475 e. The molecule has 1 aliphatic rings. The van der Waals surface area contributed by atoms with Gasteiger partial charge < -0.3 is 9.16 Å². The summed E-state index contributed by atoms with van der Waals surface area (Å²) in [6.07, 6.45) is -4.90. The minimum atomic E-state index is -4.42. The second-order valence-corrected chi connectivity index (χ2v) is 18.1. The monoisotopic (exact) mass is 620 g/mol. The molecule has 2 heterocycles. The van der Waals surface area contributed by atoms with E-state index < -0.39 is 52.0 Å². The lowest BCUT2D eigenvalue weighted by atomic mass is 10.1. The molecule has 1 fully saturated rings. The number of aromatic nitrogens is 2. The smallest absolute Gasteiger partial charge is 0.414 e. The normalized spacial score (nSPS) is 21.5. The van der Waals surface area contributed by atoms with Gasteiger partial charge in [-0.1, -0.05) is 81.4 Å². The van der Waals surface area contributed by atoms with E-state index >= 15 is 4.39 Å². The molecule has 13 heteroatoms. The maximum Gasteiger partial charge on any atom is 0.475 e. The Kier molecular flexibility index (Phi) is 10.2. The van der Waals surface area contributed by atoms with E-state index in [9.17, 15) is 14.2 Å². The number of benzene rings is 2. The third-order valence-corrected chi connectivity index (χ3v) is 13.4. The van der Waals surface area contributed by atoms with Crippen molar-refractivity contribution in [2.75, 3.05) is 6.61 Å². The highest BCUT2D eigenvalue weighted by Crippen LogP contribution is 2.55. The van der Waals surface area contributed by atoms with E-state index in [1.54, 1.807) is 48.5 Å². The van der Waals surface area contributed by atoms with E-state index in [4.69, 9.17) is 22.7 Å². The molecule has 10 nitrogen and oxygen atoms in total. The van der Waals surface area contributed by atoms with Crippen molar-refractivity contribution in [1.29, 1.82) is 0 Å². The number of alkyl halides is 1. The van der Waals surface area contributed by atoms with E-state index in [1.165, 1.54) is 0 Å². The summed E-state index contributed by atoms with van der Waals surface area (Å²) < 4.78 is 60.8. The summed E-state index contributed by atoms with van der Waals surface area (Å²) >= 11 is 0. The van der Waals surface area contributed by atoms with Gasteiger partial charge in [-0.15, -0.1) is 0 Å². The Hall–Kier alpha value is -2.70. The fourth-order valence-corrected chi connectivity index (χ4v) is 6.39. The molecule has 0 aliphatic carbocycles. The van der Waals surface area contributed by atoms with Crippen LogP contribution in [0.5, 0.6) is 0 Å². The maximum atomic E-state index is 16.2. The van der Waals surface area contributed by atoms with Gasteiger partial charge in [-0.05, 0) is 29.3 Å². The van der Waals surface area contributed by atoms with Crippen molar-refractivity contribution in [2.24, 2.45) is 0 Å². The molecule has 0 spiro atoms. The maximum absolute atomic E-state index is 16.2. The van der Waals surface area contributed by atoms with E-state index in [1.807, 2.05) is 25.2 Å². The molecule has 0 saturated carbocycles. The second-order valence-electron chi connectivity index (χ2n) is 11.6. The summed E-state index contributed by atoms with van der Waals surface area (Å²) in [5.74, 6) is 0. The molecule has 42 heavy (non-hydrogen) atoms. The molecule has 2 aromatic carbocycles. The van der Waals surface area contributed by atoms with E-state index in [0.29, 0.717) is 11.1 Å². The lowest BCUT2D eigenvalue weighted by Crippen LogP contribution is -2.44. The zero-order valence-electron chi connectivity index (χ0n) is 24.4. The van der Waals surface area contributed by atoms with Crippen LogP contribution >= 0.6 is 7.82 Å². The summed E-state index contributed by atoms with van der Waals surface area (Å²) in [5, 5.41) is -0.154. The summed E-state index contributed by atoms with van der Waals surface area (Å²) in [4.78, 5) is 26.3. The first-order valence-electron chi connectivity index (χ1n) is 13.7. The van der Waals surface area contributed by atoms with E-state index in [2.05, 4.69) is 25.8 Å². The fraction of sp³-hybridized carbons (Fsp3) is 0.448. The summed E-state index contributed by atoms with van der Waals surface area (Å²) in [5.41, 5.74) is -0.0775. The lowest BCUT2D eigenvalue weighted by molar-refractivity contribution is -0.0482. The van der Waals surface area contributed by atoms with Crippen LogP contribution in [0.2, 0.25) is 18.1 Å². The zero-order chi connectivity index (χ0) is 30.5. The van der Waals surface area contributed by atoms with Crippen LogP contribution in [-0.2, 0) is 40.5 Å². The number of hydrogen-bond acceptors (Lipinski definition) is 8. The van der Waals surface area contributed by atoms with Crippen molar-refractivity contribution in [1.82, 2.24) is 9.55 Å². The van der Waals surface area contributed by atoms with Crippen LogP contribution < -0.4 is 11.2 Å². The Morgan fingerprint density at radius 3 is 2.00 bits per heavy atom. The molecule has 1 N–H and O–H groups in total. The number of H-pyrrole nitrogens is 1. The van der Waals surface area contributed by atoms with Crippen molar-refractivity contribution in [3.8, 4) is 0 Å². The third kappa shape index (κ3) is 8.02. The molecule has 1 aromatic heterocycles. The van der Waals surface area contributed by atoms with Crippen LogP contribution in [0, 0.1) is 0 Å². The number of rotatable bonds is 12. The van der Waals surface area contributed by atoms with Crippen molar-refractivity contribution >= 4 is 16.1 Å².